The summed E-state index contributed by atoms with van der Waals surface area (Å²) in [6.07, 6.45) is 8.27. The van der Waals surface area contributed by atoms with Crippen LogP contribution in [0.3, 0.4) is 0 Å². The first-order valence-corrected chi connectivity index (χ1v) is 8.64. The minimum Gasteiger partial charge on any atom is -0.468 e. The molecule has 1 amide bonds. The van der Waals surface area contributed by atoms with E-state index in [1.807, 2.05) is 12.1 Å². The number of hydrogen-bond acceptors (Lipinski definition) is 6. The molecule has 1 N–H and O–H groups in total. The molecule has 1 aliphatic rings. The predicted molar refractivity (Wildman–Crippen MR) is 93.6 cm³/mol. The summed E-state index contributed by atoms with van der Waals surface area (Å²) in [7, 11) is 0. The lowest BCUT2D eigenvalue weighted by atomic mass is 10.0. The van der Waals surface area contributed by atoms with Gasteiger partial charge in [0.05, 0.1) is 18.4 Å². The van der Waals surface area contributed by atoms with Crippen molar-refractivity contribution in [1.82, 2.24) is 30.0 Å². The van der Waals surface area contributed by atoms with E-state index < -0.39 is 0 Å². The van der Waals surface area contributed by atoms with E-state index in [2.05, 4.69) is 25.4 Å². The zero-order valence-electron chi connectivity index (χ0n) is 14.3. The molecule has 134 valence electrons. The molecular weight excluding hydrogens is 332 g/mol. The SMILES string of the molecule is O=C(NC1CCN(Cc2ccco2)CC1)c1ccc(-n2cnnc2)nc1. The molecule has 0 aliphatic carbocycles. The molecule has 4 heterocycles. The molecule has 0 bridgehead atoms. The highest BCUT2D eigenvalue weighted by Crippen LogP contribution is 2.15. The predicted octanol–water partition coefficient (Wildman–Crippen LogP) is 1.65. The molecule has 3 aromatic rings. The summed E-state index contributed by atoms with van der Waals surface area (Å²) in [6.45, 7) is 2.70. The van der Waals surface area contributed by atoms with E-state index in [0.717, 1.165) is 38.2 Å². The minimum absolute atomic E-state index is 0.0858. The van der Waals surface area contributed by atoms with Crippen LogP contribution in [-0.4, -0.2) is 49.7 Å². The molecule has 4 rings (SSSR count). The first kappa shape index (κ1) is 16.5. The fourth-order valence-corrected chi connectivity index (χ4v) is 3.12. The smallest absolute Gasteiger partial charge is 0.253 e. The number of carbonyl (C=O) groups is 1. The Morgan fingerprint density at radius 2 is 2.00 bits per heavy atom. The highest BCUT2D eigenvalue weighted by molar-refractivity contribution is 5.94. The van der Waals surface area contributed by atoms with Crippen molar-refractivity contribution >= 4 is 5.91 Å². The van der Waals surface area contributed by atoms with Gasteiger partial charge in [-0.3, -0.25) is 14.3 Å². The second-order valence-corrected chi connectivity index (χ2v) is 6.38. The second-order valence-electron chi connectivity index (χ2n) is 6.38. The zero-order valence-corrected chi connectivity index (χ0v) is 14.3. The lowest BCUT2D eigenvalue weighted by molar-refractivity contribution is 0.0906. The van der Waals surface area contributed by atoms with Gasteiger partial charge in [0.1, 0.15) is 24.2 Å². The second kappa shape index (κ2) is 7.49. The topological polar surface area (TPSA) is 89.1 Å². The van der Waals surface area contributed by atoms with Crippen molar-refractivity contribution in [2.24, 2.45) is 0 Å². The monoisotopic (exact) mass is 352 g/mol. The summed E-state index contributed by atoms with van der Waals surface area (Å²) in [5, 5.41) is 10.6. The first-order valence-electron chi connectivity index (χ1n) is 8.64. The normalized spacial score (nSPS) is 15.8. The number of nitrogens with zero attached hydrogens (tertiary/aromatic N) is 5. The van der Waals surface area contributed by atoms with Gasteiger partial charge >= 0.3 is 0 Å². The fourth-order valence-electron chi connectivity index (χ4n) is 3.12. The van der Waals surface area contributed by atoms with Crippen LogP contribution >= 0.6 is 0 Å². The van der Waals surface area contributed by atoms with Crippen LogP contribution in [0.2, 0.25) is 0 Å². The highest BCUT2D eigenvalue weighted by Gasteiger charge is 2.21. The molecular formula is C18H20N6O2. The third-order valence-electron chi connectivity index (χ3n) is 4.58. The molecule has 0 atom stereocenters. The van der Waals surface area contributed by atoms with Crippen LogP contribution in [0.15, 0.2) is 53.8 Å². The molecule has 0 spiro atoms. The molecule has 0 aromatic carbocycles. The fraction of sp³-hybridized carbons (Fsp3) is 0.333. The number of rotatable bonds is 5. The van der Waals surface area contributed by atoms with E-state index in [-0.39, 0.29) is 11.9 Å². The molecule has 8 nitrogen and oxygen atoms in total. The van der Waals surface area contributed by atoms with Crippen LogP contribution in [-0.2, 0) is 6.54 Å². The van der Waals surface area contributed by atoms with Crippen molar-refractivity contribution in [1.29, 1.82) is 0 Å². The van der Waals surface area contributed by atoms with Crippen LogP contribution in [0.5, 0.6) is 0 Å². The van der Waals surface area contributed by atoms with E-state index in [4.69, 9.17) is 4.42 Å². The molecule has 26 heavy (non-hydrogen) atoms. The summed E-state index contributed by atoms with van der Waals surface area (Å²) in [5.74, 6) is 1.57. The Kier molecular flexibility index (Phi) is 4.74. The average Bonchev–Trinajstić information content (AvgIpc) is 3.37. The van der Waals surface area contributed by atoms with Gasteiger partial charge in [-0.1, -0.05) is 0 Å². The molecule has 1 fully saturated rings. The Balaban J connectivity index is 1.28. The van der Waals surface area contributed by atoms with E-state index in [9.17, 15) is 4.79 Å². The van der Waals surface area contributed by atoms with Gasteiger partial charge in [-0.05, 0) is 37.1 Å². The van der Waals surface area contributed by atoms with Crippen molar-refractivity contribution < 1.29 is 9.21 Å². The Bertz CT molecular complexity index is 821. The summed E-state index contributed by atoms with van der Waals surface area (Å²) >= 11 is 0. The van der Waals surface area contributed by atoms with Gasteiger partial charge in [0.25, 0.3) is 5.91 Å². The van der Waals surface area contributed by atoms with Crippen molar-refractivity contribution in [3.05, 3.63) is 60.7 Å². The van der Waals surface area contributed by atoms with Crippen molar-refractivity contribution in [3.8, 4) is 5.82 Å². The van der Waals surface area contributed by atoms with Gasteiger partial charge in [0, 0.05) is 25.3 Å². The third kappa shape index (κ3) is 3.80. The van der Waals surface area contributed by atoms with Crippen molar-refractivity contribution in [2.75, 3.05) is 13.1 Å². The number of aromatic nitrogens is 4. The Morgan fingerprint density at radius 3 is 2.65 bits per heavy atom. The van der Waals surface area contributed by atoms with E-state index >= 15 is 0 Å². The summed E-state index contributed by atoms with van der Waals surface area (Å²) in [5.41, 5.74) is 0.555. The van der Waals surface area contributed by atoms with Crippen molar-refractivity contribution in [3.63, 3.8) is 0 Å². The van der Waals surface area contributed by atoms with Gasteiger partial charge in [-0.25, -0.2) is 4.98 Å². The van der Waals surface area contributed by atoms with Gasteiger partial charge in [-0.15, -0.1) is 10.2 Å². The van der Waals surface area contributed by atoms with Crippen molar-refractivity contribution in [2.45, 2.75) is 25.4 Å². The summed E-state index contributed by atoms with van der Waals surface area (Å²) < 4.78 is 7.08. The van der Waals surface area contributed by atoms with E-state index in [1.165, 1.54) is 0 Å². The molecule has 8 heteroatoms. The number of nitrogens with one attached hydrogen (secondary N) is 1. The van der Waals surface area contributed by atoms with E-state index in [1.54, 1.807) is 41.8 Å². The number of amides is 1. The van der Waals surface area contributed by atoms with Crippen LogP contribution in [0.4, 0.5) is 0 Å². The van der Waals surface area contributed by atoms with Gasteiger partial charge in [-0.2, -0.15) is 0 Å². The average molecular weight is 352 g/mol. The highest BCUT2D eigenvalue weighted by atomic mass is 16.3. The molecule has 1 aliphatic heterocycles. The number of likely N-dealkylation sites (tertiary alicyclic amines) is 1. The maximum Gasteiger partial charge on any atom is 0.253 e. The quantitative estimate of drug-likeness (QED) is 0.751. The lowest BCUT2D eigenvalue weighted by Crippen LogP contribution is -2.44. The van der Waals surface area contributed by atoms with Crippen LogP contribution in [0.25, 0.3) is 5.82 Å². The molecule has 0 unspecified atom stereocenters. The molecule has 1 saturated heterocycles. The largest absolute Gasteiger partial charge is 0.468 e. The van der Waals surface area contributed by atoms with Crippen LogP contribution < -0.4 is 5.32 Å². The Hall–Kier alpha value is -3.00. The Morgan fingerprint density at radius 1 is 1.19 bits per heavy atom. The standard InChI is InChI=1S/C18H20N6O2/c25-18(14-3-4-17(19-10-14)24-12-20-21-13-24)22-15-5-7-23(8-6-15)11-16-2-1-9-26-16/h1-4,9-10,12-13,15H,5-8,11H2,(H,22,25). The van der Waals surface area contributed by atoms with Gasteiger partial charge in [0.2, 0.25) is 0 Å². The van der Waals surface area contributed by atoms with Gasteiger partial charge in [0.15, 0.2) is 0 Å². The Labute approximate surface area is 150 Å². The van der Waals surface area contributed by atoms with Crippen LogP contribution in [0.1, 0.15) is 29.0 Å². The maximum absolute atomic E-state index is 12.4. The summed E-state index contributed by atoms with van der Waals surface area (Å²) in [4.78, 5) is 19.1. The first-order chi connectivity index (χ1) is 12.8. The maximum atomic E-state index is 12.4. The molecule has 0 radical (unpaired) electrons. The molecule has 3 aromatic heterocycles. The van der Waals surface area contributed by atoms with Crippen LogP contribution in [0, 0.1) is 0 Å². The number of pyridine rings is 1. The number of carbonyl (C=O) groups excluding carboxylic acids is 1. The zero-order chi connectivity index (χ0) is 17.8. The van der Waals surface area contributed by atoms with E-state index in [0.29, 0.717) is 11.4 Å². The number of hydrogen-bond donors (Lipinski definition) is 1. The lowest BCUT2D eigenvalue weighted by Gasteiger charge is -2.31. The minimum atomic E-state index is -0.0858. The number of piperidine rings is 1. The number of furan rings is 1. The summed E-state index contributed by atoms with van der Waals surface area (Å²) in [6, 6.07) is 7.64. The van der Waals surface area contributed by atoms with Gasteiger partial charge < -0.3 is 9.73 Å². The molecule has 0 saturated carbocycles. The third-order valence-corrected chi connectivity index (χ3v) is 4.58.